The smallest absolute Gasteiger partial charge is 0.287 e. The van der Waals surface area contributed by atoms with Crippen LogP contribution in [0, 0.1) is 17.0 Å². The maximum absolute atomic E-state index is 13.3. The number of nitro groups is 1. The number of piperazine rings is 1. The molecule has 0 N–H and O–H groups in total. The normalized spacial score (nSPS) is 17.5. The van der Waals surface area contributed by atoms with Gasteiger partial charge in [0.25, 0.3) is 11.6 Å². The number of fused-ring (bicyclic) bond motifs is 1. The first-order valence-electron chi connectivity index (χ1n) is 11.5. The summed E-state index contributed by atoms with van der Waals surface area (Å²) in [5, 5.41) is 11.0. The Morgan fingerprint density at radius 1 is 1.03 bits per heavy atom. The Morgan fingerprint density at radius 3 is 2.40 bits per heavy atom. The van der Waals surface area contributed by atoms with Crippen molar-refractivity contribution < 1.29 is 14.5 Å². The summed E-state index contributed by atoms with van der Waals surface area (Å²) in [7, 11) is 0. The lowest BCUT2D eigenvalue weighted by Gasteiger charge is -2.37. The molecule has 2 amide bonds. The zero-order chi connectivity index (χ0) is 24.5. The van der Waals surface area contributed by atoms with Crippen LogP contribution in [0.25, 0.3) is 0 Å². The average Bonchev–Trinajstić information content (AvgIpc) is 3.16. The van der Waals surface area contributed by atoms with Crippen LogP contribution in [-0.4, -0.2) is 52.8 Å². The lowest BCUT2D eigenvalue weighted by molar-refractivity contribution is -0.385. The van der Waals surface area contributed by atoms with Crippen LogP contribution in [0.2, 0.25) is 0 Å². The molecule has 2 aliphatic heterocycles. The van der Waals surface area contributed by atoms with Gasteiger partial charge in [0, 0.05) is 43.5 Å². The van der Waals surface area contributed by atoms with Gasteiger partial charge in [0.05, 0.1) is 17.4 Å². The number of pyridine rings is 1. The number of hydrogen-bond donors (Lipinski definition) is 0. The highest BCUT2D eigenvalue weighted by Gasteiger charge is 2.40. The van der Waals surface area contributed by atoms with E-state index in [9.17, 15) is 19.7 Å². The van der Waals surface area contributed by atoms with Crippen LogP contribution < -0.4 is 9.80 Å². The molecule has 1 aromatic heterocycles. The summed E-state index contributed by atoms with van der Waals surface area (Å²) in [5.74, 6) is -0.00213. The van der Waals surface area contributed by atoms with Crippen LogP contribution in [0.1, 0.15) is 33.9 Å². The lowest BCUT2D eigenvalue weighted by atomic mass is 10.0. The van der Waals surface area contributed by atoms with E-state index in [1.165, 1.54) is 22.6 Å². The molecule has 3 heterocycles. The fourth-order valence-corrected chi connectivity index (χ4v) is 4.75. The van der Waals surface area contributed by atoms with Crippen LogP contribution in [0.5, 0.6) is 0 Å². The van der Waals surface area contributed by atoms with Gasteiger partial charge in [-0.3, -0.25) is 24.6 Å². The molecule has 35 heavy (non-hydrogen) atoms. The van der Waals surface area contributed by atoms with Crippen molar-refractivity contribution in [3.63, 3.8) is 0 Å². The number of nitrogens with zero attached hydrogens (tertiary/aromatic N) is 5. The third-order valence-electron chi connectivity index (χ3n) is 6.67. The molecule has 178 valence electrons. The van der Waals surface area contributed by atoms with Crippen molar-refractivity contribution >= 4 is 29.0 Å². The van der Waals surface area contributed by atoms with E-state index in [-0.39, 0.29) is 23.9 Å². The summed E-state index contributed by atoms with van der Waals surface area (Å²) in [5.41, 5.74) is 3.49. The first-order valence-corrected chi connectivity index (χ1v) is 11.5. The topological polar surface area (TPSA) is 99.9 Å². The van der Waals surface area contributed by atoms with Crippen LogP contribution in [-0.2, 0) is 4.79 Å². The Morgan fingerprint density at radius 2 is 1.74 bits per heavy atom. The van der Waals surface area contributed by atoms with Crippen LogP contribution in [0.15, 0.2) is 66.9 Å². The minimum Gasteiger partial charge on any atom is -0.368 e. The maximum atomic E-state index is 13.3. The lowest BCUT2D eigenvalue weighted by Crippen LogP contribution is -2.49. The number of amides is 2. The maximum Gasteiger partial charge on any atom is 0.287 e. The minimum absolute atomic E-state index is 0.0324. The Balaban J connectivity index is 1.33. The first kappa shape index (κ1) is 22.5. The van der Waals surface area contributed by atoms with Crippen molar-refractivity contribution in [3.8, 4) is 0 Å². The number of aryl methyl sites for hydroxylation is 1. The Kier molecular flexibility index (Phi) is 5.90. The molecule has 1 atom stereocenters. The van der Waals surface area contributed by atoms with Gasteiger partial charge in [-0.25, -0.2) is 4.98 Å². The second-order valence-corrected chi connectivity index (χ2v) is 8.82. The zero-order valence-electron chi connectivity index (χ0n) is 19.3. The number of carbonyl (C=O) groups excluding carboxylic acids is 2. The van der Waals surface area contributed by atoms with Crippen LogP contribution in [0.3, 0.4) is 0 Å². The van der Waals surface area contributed by atoms with Crippen molar-refractivity contribution in [1.29, 1.82) is 0 Å². The van der Waals surface area contributed by atoms with Gasteiger partial charge in [0.2, 0.25) is 5.91 Å². The van der Waals surface area contributed by atoms with Crippen molar-refractivity contribution in [1.82, 2.24) is 9.88 Å². The number of rotatable bonds is 5. The van der Waals surface area contributed by atoms with Gasteiger partial charge in [0.15, 0.2) is 0 Å². The number of benzene rings is 2. The van der Waals surface area contributed by atoms with Gasteiger partial charge in [-0.05, 0) is 36.8 Å². The van der Waals surface area contributed by atoms with Gasteiger partial charge < -0.3 is 9.80 Å². The number of aromatic nitrogens is 1. The molecule has 2 aliphatic rings. The Hall–Kier alpha value is -4.27. The molecule has 3 aromatic rings. The average molecular weight is 472 g/mol. The summed E-state index contributed by atoms with van der Waals surface area (Å²) < 4.78 is 0. The fourth-order valence-electron chi connectivity index (χ4n) is 4.75. The molecule has 0 unspecified atom stereocenters. The monoisotopic (exact) mass is 471 g/mol. The van der Waals surface area contributed by atoms with Crippen molar-refractivity contribution in [2.45, 2.75) is 19.4 Å². The fraction of sp³-hybridized carbons (Fsp3) is 0.269. The SMILES string of the molecule is Cc1ccc(N2CCN(C(=O)C[C@H]3c4ccccc4C(=O)N3c3ccc([N+](=O)[O-])cn3)CC2)cc1. The van der Waals surface area contributed by atoms with E-state index in [0.717, 1.165) is 30.5 Å². The van der Waals surface area contributed by atoms with Crippen molar-refractivity contribution in [3.05, 3.63) is 93.7 Å². The molecule has 2 aromatic carbocycles. The van der Waals surface area contributed by atoms with E-state index in [1.54, 1.807) is 12.1 Å². The van der Waals surface area contributed by atoms with E-state index in [4.69, 9.17) is 0 Å². The predicted molar refractivity (Wildman–Crippen MR) is 131 cm³/mol. The zero-order valence-corrected chi connectivity index (χ0v) is 19.3. The number of anilines is 2. The molecule has 1 saturated heterocycles. The molecule has 0 saturated carbocycles. The summed E-state index contributed by atoms with van der Waals surface area (Å²) in [6, 6.07) is 17.9. The van der Waals surface area contributed by atoms with Gasteiger partial charge >= 0.3 is 0 Å². The molecular formula is C26H25N5O4. The first-order chi connectivity index (χ1) is 16.9. The summed E-state index contributed by atoms with van der Waals surface area (Å²) >= 11 is 0. The second-order valence-electron chi connectivity index (χ2n) is 8.82. The molecule has 0 bridgehead atoms. The van der Waals surface area contributed by atoms with Gasteiger partial charge in [-0.1, -0.05) is 35.9 Å². The molecule has 1 fully saturated rings. The molecular weight excluding hydrogens is 446 g/mol. The highest BCUT2D eigenvalue weighted by Crippen LogP contribution is 2.39. The standard InChI is InChI=1S/C26H25N5O4/c1-18-6-8-19(9-7-18)28-12-14-29(15-13-28)25(32)16-23-21-4-2-3-5-22(21)26(33)30(23)24-11-10-20(17-27-24)31(34)35/h2-11,17,23H,12-16H2,1H3/t23-/m0/s1. The molecule has 0 radical (unpaired) electrons. The largest absolute Gasteiger partial charge is 0.368 e. The molecule has 0 aliphatic carbocycles. The summed E-state index contributed by atoms with van der Waals surface area (Å²) in [4.78, 5) is 46.8. The second kappa shape index (κ2) is 9.17. The van der Waals surface area contributed by atoms with E-state index in [1.807, 2.05) is 17.0 Å². The highest BCUT2D eigenvalue weighted by molar-refractivity contribution is 6.11. The Bertz CT molecular complexity index is 1270. The van der Waals surface area contributed by atoms with Crippen molar-refractivity contribution in [2.75, 3.05) is 36.0 Å². The van der Waals surface area contributed by atoms with E-state index in [2.05, 4.69) is 41.1 Å². The molecule has 5 rings (SSSR count). The molecule has 9 nitrogen and oxygen atoms in total. The van der Waals surface area contributed by atoms with Crippen molar-refractivity contribution in [2.24, 2.45) is 0 Å². The highest BCUT2D eigenvalue weighted by atomic mass is 16.6. The minimum atomic E-state index is -0.533. The third-order valence-corrected chi connectivity index (χ3v) is 6.67. The quantitative estimate of drug-likeness (QED) is 0.415. The molecule has 9 heteroatoms. The summed E-state index contributed by atoms with van der Waals surface area (Å²) in [6.07, 6.45) is 1.25. The van der Waals surface area contributed by atoms with Gasteiger partial charge in [-0.15, -0.1) is 0 Å². The predicted octanol–water partition coefficient (Wildman–Crippen LogP) is 3.74. The number of carbonyl (C=O) groups is 2. The van der Waals surface area contributed by atoms with E-state index >= 15 is 0 Å². The number of hydrogen-bond acceptors (Lipinski definition) is 6. The summed E-state index contributed by atoms with van der Waals surface area (Å²) in [6.45, 7) is 4.74. The third kappa shape index (κ3) is 4.32. The Labute approximate surface area is 202 Å². The molecule has 0 spiro atoms. The van der Waals surface area contributed by atoms with E-state index < -0.39 is 11.0 Å². The van der Waals surface area contributed by atoms with Gasteiger partial charge in [-0.2, -0.15) is 0 Å². The van der Waals surface area contributed by atoms with E-state index in [0.29, 0.717) is 24.5 Å². The van der Waals surface area contributed by atoms with Crippen LogP contribution in [0.4, 0.5) is 17.2 Å². The van der Waals surface area contributed by atoms with Gasteiger partial charge in [0.1, 0.15) is 12.0 Å². The van der Waals surface area contributed by atoms with Crippen LogP contribution >= 0.6 is 0 Å².